The van der Waals surface area contributed by atoms with Gasteiger partial charge in [0.1, 0.15) is 24.2 Å². The van der Waals surface area contributed by atoms with E-state index in [1.807, 2.05) is 38.1 Å². The topological polar surface area (TPSA) is 175 Å². The lowest BCUT2D eigenvalue weighted by molar-refractivity contribution is -0.135. The standard InChI is InChI=1S/C37H44N8O6/c1-22(2)32(43-37(49)51-4)35(47)45-18-6-8-30(45)34-39-20-28(42-34)26-15-11-24(12-16-26)23-9-13-25(14-10-23)27-19-38-33(41-27)29-7-5-17-44(29)31(46)21-40-36(48)50-3/h9-16,19-20,22,29-30,32H,5-8,17-18,21H2,1-4H3,(H,38,41)(H,39,42)(H,40,48)(H,43,49). The quantitative estimate of drug-likeness (QED) is 0.175. The predicted octanol–water partition coefficient (Wildman–Crippen LogP) is 5.20. The van der Waals surface area contributed by atoms with Crippen molar-refractivity contribution in [2.45, 2.75) is 57.7 Å². The first-order valence-electron chi connectivity index (χ1n) is 17.2. The molecule has 0 saturated carbocycles. The minimum absolute atomic E-state index is 0.102. The maximum atomic E-state index is 13.5. The second-order valence-corrected chi connectivity index (χ2v) is 13.2. The highest BCUT2D eigenvalue weighted by atomic mass is 16.5. The molecule has 4 heterocycles. The third-order valence-electron chi connectivity index (χ3n) is 9.62. The summed E-state index contributed by atoms with van der Waals surface area (Å²) in [5, 5.41) is 5.15. The number of aromatic nitrogens is 4. The molecule has 3 unspecified atom stereocenters. The molecule has 2 aliphatic rings. The molecule has 0 aliphatic carbocycles. The molecule has 51 heavy (non-hydrogen) atoms. The highest BCUT2D eigenvalue weighted by Crippen LogP contribution is 2.34. The number of hydrogen-bond donors (Lipinski definition) is 4. The van der Waals surface area contributed by atoms with E-state index in [2.05, 4.69) is 59.6 Å². The number of rotatable bonds is 10. The van der Waals surface area contributed by atoms with E-state index in [4.69, 9.17) is 4.74 Å². The molecule has 14 heteroatoms. The van der Waals surface area contributed by atoms with E-state index in [0.717, 1.165) is 71.0 Å². The number of H-pyrrole nitrogens is 2. The molecule has 4 aromatic rings. The van der Waals surface area contributed by atoms with Crippen LogP contribution in [0.2, 0.25) is 0 Å². The fourth-order valence-corrected chi connectivity index (χ4v) is 6.85. The fraction of sp³-hybridized carbons (Fsp3) is 0.405. The van der Waals surface area contributed by atoms with E-state index in [9.17, 15) is 19.2 Å². The Morgan fingerprint density at radius 3 is 1.71 bits per heavy atom. The monoisotopic (exact) mass is 696 g/mol. The molecule has 6 rings (SSSR count). The van der Waals surface area contributed by atoms with Crippen molar-refractivity contribution in [3.8, 4) is 33.6 Å². The minimum atomic E-state index is -0.685. The highest BCUT2D eigenvalue weighted by Gasteiger charge is 2.37. The zero-order chi connectivity index (χ0) is 36.1. The molecule has 0 spiro atoms. The molecule has 2 aliphatic heterocycles. The zero-order valence-electron chi connectivity index (χ0n) is 29.3. The fourth-order valence-electron chi connectivity index (χ4n) is 6.85. The summed E-state index contributed by atoms with van der Waals surface area (Å²) in [6.45, 7) is 4.87. The van der Waals surface area contributed by atoms with Crippen LogP contribution in [0, 0.1) is 5.92 Å². The van der Waals surface area contributed by atoms with Crippen LogP contribution in [-0.4, -0.2) is 93.6 Å². The van der Waals surface area contributed by atoms with Gasteiger partial charge < -0.3 is 39.9 Å². The van der Waals surface area contributed by atoms with Gasteiger partial charge in [0.25, 0.3) is 0 Å². The van der Waals surface area contributed by atoms with Gasteiger partial charge in [-0.3, -0.25) is 9.59 Å². The van der Waals surface area contributed by atoms with E-state index in [1.54, 1.807) is 22.2 Å². The molecular weight excluding hydrogens is 652 g/mol. The van der Waals surface area contributed by atoms with Crippen LogP contribution in [0.15, 0.2) is 60.9 Å². The van der Waals surface area contributed by atoms with Crippen LogP contribution < -0.4 is 10.6 Å². The van der Waals surface area contributed by atoms with Gasteiger partial charge in [-0.15, -0.1) is 0 Å². The van der Waals surface area contributed by atoms with Crippen LogP contribution in [0.5, 0.6) is 0 Å². The van der Waals surface area contributed by atoms with Crippen molar-refractivity contribution in [2.24, 2.45) is 5.92 Å². The van der Waals surface area contributed by atoms with Crippen molar-refractivity contribution in [3.05, 3.63) is 72.6 Å². The number of methoxy groups -OCH3 is 2. The zero-order valence-corrected chi connectivity index (χ0v) is 29.3. The van der Waals surface area contributed by atoms with Crippen LogP contribution in [0.4, 0.5) is 9.59 Å². The Labute approximate surface area is 296 Å². The Morgan fingerprint density at radius 1 is 0.745 bits per heavy atom. The van der Waals surface area contributed by atoms with Gasteiger partial charge in [0.15, 0.2) is 0 Å². The summed E-state index contributed by atoms with van der Waals surface area (Å²) < 4.78 is 9.31. The minimum Gasteiger partial charge on any atom is -0.453 e. The third kappa shape index (κ3) is 7.74. The average molecular weight is 697 g/mol. The van der Waals surface area contributed by atoms with Crippen LogP contribution in [0.3, 0.4) is 0 Å². The van der Waals surface area contributed by atoms with E-state index < -0.39 is 18.2 Å². The van der Waals surface area contributed by atoms with Crippen molar-refractivity contribution in [1.29, 1.82) is 0 Å². The molecule has 3 atom stereocenters. The summed E-state index contributed by atoms with van der Waals surface area (Å²) >= 11 is 0. The number of likely N-dealkylation sites (tertiary alicyclic amines) is 2. The predicted molar refractivity (Wildman–Crippen MR) is 189 cm³/mol. The summed E-state index contributed by atoms with van der Waals surface area (Å²) in [6.07, 6.45) is 5.60. The van der Waals surface area contributed by atoms with Crippen molar-refractivity contribution in [2.75, 3.05) is 33.9 Å². The van der Waals surface area contributed by atoms with Gasteiger partial charge in [0.05, 0.1) is 50.1 Å². The third-order valence-corrected chi connectivity index (χ3v) is 9.62. The largest absolute Gasteiger partial charge is 0.453 e. The number of nitrogens with zero attached hydrogens (tertiary/aromatic N) is 4. The first-order valence-corrected chi connectivity index (χ1v) is 17.2. The van der Waals surface area contributed by atoms with Crippen LogP contribution in [0.1, 0.15) is 63.3 Å². The van der Waals surface area contributed by atoms with Crippen LogP contribution in [-0.2, 0) is 19.1 Å². The van der Waals surface area contributed by atoms with Crippen molar-refractivity contribution >= 4 is 24.0 Å². The average Bonchev–Trinajstić information content (AvgIpc) is 3.99. The lowest BCUT2D eigenvalue weighted by Gasteiger charge is -2.30. The molecular formula is C37H44N8O6. The number of carbonyl (C=O) groups excluding carboxylic acids is 4. The maximum absolute atomic E-state index is 13.5. The lowest BCUT2D eigenvalue weighted by Crippen LogP contribution is -2.51. The number of imidazole rings is 2. The number of aromatic amines is 2. The summed E-state index contributed by atoms with van der Waals surface area (Å²) in [6, 6.07) is 15.4. The van der Waals surface area contributed by atoms with E-state index in [1.165, 1.54) is 14.2 Å². The van der Waals surface area contributed by atoms with Gasteiger partial charge in [-0.25, -0.2) is 19.6 Å². The smallest absolute Gasteiger partial charge is 0.407 e. The molecule has 2 aromatic carbocycles. The summed E-state index contributed by atoms with van der Waals surface area (Å²) in [5.41, 5.74) is 5.78. The molecule has 4 N–H and O–H groups in total. The molecule has 14 nitrogen and oxygen atoms in total. The Morgan fingerprint density at radius 2 is 1.22 bits per heavy atom. The SMILES string of the molecule is COC(=O)NCC(=O)N1CCCC1c1ncc(-c2ccc(-c3ccc(-c4cnc(C5CCCN5C(=O)C(NC(=O)OC)C(C)C)[nH]4)cc3)cc2)[nH]1. The molecule has 0 bridgehead atoms. The Bertz CT molecular complexity index is 1850. The lowest BCUT2D eigenvalue weighted by atomic mass is 10.0. The van der Waals surface area contributed by atoms with Crippen LogP contribution >= 0.6 is 0 Å². The van der Waals surface area contributed by atoms with Gasteiger partial charge in [0.2, 0.25) is 11.8 Å². The van der Waals surface area contributed by atoms with Gasteiger partial charge >= 0.3 is 12.2 Å². The van der Waals surface area contributed by atoms with Crippen molar-refractivity contribution < 1.29 is 28.7 Å². The van der Waals surface area contributed by atoms with Gasteiger partial charge in [-0.1, -0.05) is 62.4 Å². The van der Waals surface area contributed by atoms with Gasteiger partial charge in [0, 0.05) is 13.1 Å². The number of carbonyl (C=O) groups is 4. The highest BCUT2D eigenvalue weighted by molar-refractivity contribution is 5.86. The van der Waals surface area contributed by atoms with Crippen molar-refractivity contribution in [1.82, 2.24) is 40.4 Å². The second-order valence-electron chi connectivity index (χ2n) is 13.2. The number of benzene rings is 2. The van der Waals surface area contributed by atoms with Crippen molar-refractivity contribution in [3.63, 3.8) is 0 Å². The van der Waals surface area contributed by atoms with E-state index in [0.29, 0.717) is 13.1 Å². The molecule has 0 radical (unpaired) electrons. The first-order chi connectivity index (χ1) is 24.7. The summed E-state index contributed by atoms with van der Waals surface area (Å²) in [7, 11) is 2.55. The first kappa shape index (κ1) is 35.2. The summed E-state index contributed by atoms with van der Waals surface area (Å²) in [4.78, 5) is 69.2. The Balaban J connectivity index is 1.09. The molecule has 2 saturated heterocycles. The summed E-state index contributed by atoms with van der Waals surface area (Å²) in [5.74, 6) is 1.02. The molecule has 268 valence electrons. The number of alkyl carbamates (subject to hydrolysis) is 2. The van der Waals surface area contributed by atoms with E-state index in [-0.39, 0.29) is 36.4 Å². The van der Waals surface area contributed by atoms with Crippen LogP contribution in [0.25, 0.3) is 33.6 Å². The number of nitrogens with one attached hydrogen (secondary N) is 4. The Kier molecular flexibility index (Phi) is 10.7. The van der Waals surface area contributed by atoms with Gasteiger partial charge in [-0.05, 0) is 53.9 Å². The molecule has 4 amide bonds. The van der Waals surface area contributed by atoms with E-state index >= 15 is 0 Å². The second kappa shape index (κ2) is 15.5. The number of ether oxygens (including phenoxy) is 2. The molecule has 2 aromatic heterocycles. The number of hydrogen-bond acceptors (Lipinski definition) is 8. The van der Waals surface area contributed by atoms with Gasteiger partial charge in [-0.2, -0.15) is 0 Å². The normalized spacial score (nSPS) is 17.7. The molecule has 2 fully saturated rings. The number of amides is 4. The maximum Gasteiger partial charge on any atom is 0.407 e. The Hall–Kier alpha value is -5.66.